The lowest BCUT2D eigenvalue weighted by molar-refractivity contribution is -0.116. The van der Waals surface area contributed by atoms with Gasteiger partial charge in [-0.15, -0.1) is 11.3 Å². The second kappa shape index (κ2) is 8.10. The minimum absolute atomic E-state index is 0.133. The van der Waals surface area contributed by atoms with E-state index in [-0.39, 0.29) is 30.4 Å². The summed E-state index contributed by atoms with van der Waals surface area (Å²) in [6, 6.07) is 15.6. The number of rotatable bonds is 6. The summed E-state index contributed by atoms with van der Waals surface area (Å²) in [4.78, 5) is 18.6. The summed E-state index contributed by atoms with van der Waals surface area (Å²) in [5.74, 6) is -0.283. The summed E-state index contributed by atoms with van der Waals surface area (Å²) in [5, 5.41) is 8.81. The number of carbonyl (C=O) groups is 1. The van der Waals surface area contributed by atoms with Crippen LogP contribution in [0.2, 0.25) is 0 Å². The Balaban J connectivity index is 1.71. The fourth-order valence-corrected chi connectivity index (χ4v) is 4.24. The number of aromatic nitrogens is 1. The number of hydrogen-bond donors (Lipinski definition) is 0. The number of thioether (sulfide) groups is 1. The molecule has 1 heterocycles. The lowest BCUT2D eigenvalue weighted by atomic mass is 10.2. The van der Waals surface area contributed by atoms with Gasteiger partial charge < -0.3 is 4.90 Å². The summed E-state index contributed by atoms with van der Waals surface area (Å²) in [5.41, 5.74) is 1.51. The van der Waals surface area contributed by atoms with Gasteiger partial charge >= 0.3 is 0 Å². The number of para-hydroxylation sites is 1. The highest BCUT2D eigenvalue weighted by Crippen LogP contribution is 2.29. The van der Waals surface area contributed by atoms with Crippen LogP contribution in [0.25, 0.3) is 10.2 Å². The number of halogens is 1. The number of carbonyl (C=O) groups excluding carboxylic acids is 1. The Labute approximate surface area is 152 Å². The second-order valence-corrected chi connectivity index (χ2v) is 7.42. The molecule has 7 heteroatoms. The van der Waals surface area contributed by atoms with Crippen LogP contribution in [-0.2, 0) is 4.79 Å². The molecular formula is C18H14FN3OS2. The molecule has 0 bridgehead atoms. The molecule has 0 aliphatic rings. The quantitative estimate of drug-likeness (QED) is 0.600. The third-order valence-corrected chi connectivity index (χ3v) is 5.64. The molecule has 3 aromatic rings. The predicted molar refractivity (Wildman–Crippen MR) is 99.3 cm³/mol. The Kier molecular flexibility index (Phi) is 5.64. The van der Waals surface area contributed by atoms with Crippen molar-refractivity contribution in [3.63, 3.8) is 0 Å². The van der Waals surface area contributed by atoms with E-state index in [1.165, 1.54) is 28.8 Å². The van der Waals surface area contributed by atoms with Crippen molar-refractivity contribution in [1.82, 2.24) is 4.98 Å². The van der Waals surface area contributed by atoms with Crippen molar-refractivity contribution >= 4 is 44.9 Å². The maximum atomic E-state index is 13.1. The first-order valence-electron chi connectivity index (χ1n) is 7.58. The molecule has 25 heavy (non-hydrogen) atoms. The summed E-state index contributed by atoms with van der Waals surface area (Å²) in [6.45, 7) is 0.279. The molecule has 4 nitrogen and oxygen atoms in total. The molecule has 0 saturated carbocycles. The number of anilines is 1. The first kappa shape index (κ1) is 17.4. The van der Waals surface area contributed by atoms with E-state index < -0.39 is 0 Å². The molecular weight excluding hydrogens is 357 g/mol. The van der Waals surface area contributed by atoms with E-state index in [2.05, 4.69) is 4.98 Å². The molecule has 0 spiro atoms. The molecule has 126 valence electrons. The van der Waals surface area contributed by atoms with E-state index in [1.807, 2.05) is 30.3 Å². The van der Waals surface area contributed by atoms with Crippen LogP contribution in [0.1, 0.15) is 6.42 Å². The van der Waals surface area contributed by atoms with Crippen molar-refractivity contribution in [3.8, 4) is 6.07 Å². The smallest absolute Gasteiger partial charge is 0.237 e. The Morgan fingerprint density at radius 2 is 2.00 bits per heavy atom. The van der Waals surface area contributed by atoms with Gasteiger partial charge in [-0.05, 0) is 36.4 Å². The zero-order valence-corrected chi connectivity index (χ0v) is 14.8. The number of fused-ring (bicyclic) bond motifs is 1. The van der Waals surface area contributed by atoms with Crippen LogP contribution < -0.4 is 4.90 Å². The van der Waals surface area contributed by atoms with Crippen LogP contribution in [0, 0.1) is 17.1 Å². The van der Waals surface area contributed by atoms with E-state index in [0.29, 0.717) is 5.69 Å². The molecule has 0 fully saturated rings. The minimum Gasteiger partial charge on any atom is -0.311 e. The van der Waals surface area contributed by atoms with Crippen molar-refractivity contribution in [2.24, 2.45) is 0 Å². The lowest BCUT2D eigenvalue weighted by Crippen LogP contribution is -2.33. The summed E-state index contributed by atoms with van der Waals surface area (Å²) in [6.07, 6.45) is 0.217. The highest BCUT2D eigenvalue weighted by atomic mass is 32.2. The molecule has 0 saturated heterocycles. The van der Waals surface area contributed by atoms with Gasteiger partial charge in [-0.2, -0.15) is 5.26 Å². The molecule has 0 aliphatic carbocycles. The molecule has 1 aromatic heterocycles. The Morgan fingerprint density at radius 3 is 2.72 bits per heavy atom. The van der Waals surface area contributed by atoms with Gasteiger partial charge in [-0.3, -0.25) is 4.79 Å². The third-order valence-electron chi connectivity index (χ3n) is 3.48. The fourth-order valence-electron chi connectivity index (χ4n) is 2.29. The molecule has 3 rings (SSSR count). The average Bonchev–Trinajstić information content (AvgIpc) is 3.04. The number of thiazole rings is 1. The van der Waals surface area contributed by atoms with Crippen molar-refractivity contribution in [1.29, 1.82) is 5.26 Å². The normalized spacial score (nSPS) is 10.6. The first-order chi connectivity index (χ1) is 12.2. The standard InChI is InChI=1S/C18H14FN3OS2/c19-13-6-8-14(9-7-13)22(11-3-10-20)17(23)12-24-18-21-15-4-1-2-5-16(15)25-18/h1-2,4-9H,3,11-12H2. The topological polar surface area (TPSA) is 57.0 Å². The number of benzene rings is 2. The van der Waals surface area contributed by atoms with E-state index in [0.717, 1.165) is 14.6 Å². The van der Waals surface area contributed by atoms with Crippen LogP contribution in [0.15, 0.2) is 52.9 Å². The van der Waals surface area contributed by atoms with Crippen LogP contribution in [-0.4, -0.2) is 23.2 Å². The summed E-state index contributed by atoms with van der Waals surface area (Å²) < 4.78 is 15.0. The predicted octanol–water partition coefficient (Wildman–Crippen LogP) is 4.47. The monoisotopic (exact) mass is 371 g/mol. The molecule has 0 unspecified atom stereocenters. The van der Waals surface area contributed by atoms with Gasteiger partial charge in [0.05, 0.1) is 28.5 Å². The van der Waals surface area contributed by atoms with Crippen LogP contribution in [0.3, 0.4) is 0 Å². The van der Waals surface area contributed by atoms with Crippen molar-refractivity contribution < 1.29 is 9.18 Å². The maximum absolute atomic E-state index is 13.1. The minimum atomic E-state index is -0.361. The van der Waals surface area contributed by atoms with Crippen LogP contribution in [0.5, 0.6) is 0 Å². The number of amides is 1. The number of nitrogens with zero attached hydrogens (tertiary/aromatic N) is 3. The van der Waals surface area contributed by atoms with Gasteiger partial charge in [0.2, 0.25) is 5.91 Å². The van der Waals surface area contributed by atoms with Crippen molar-refractivity contribution in [2.75, 3.05) is 17.2 Å². The van der Waals surface area contributed by atoms with Crippen LogP contribution >= 0.6 is 23.1 Å². The molecule has 0 N–H and O–H groups in total. The third kappa shape index (κ3) is 4.35. The summed E-state index contributed by atoms with van der Waals surface area (Å²) in [7, 11) is 0. The van der Waals surface area contributed by atoms with Gasteiger partial charge in [0.15, 0.2) is 4.34 Å². The van der Waals surface area contributed by atoms with Crippen LogP contribution in [0.4, 0.5) is 10.1 Å². The van der Waals surface area contributed by atoms with Crippen molar-refractivity contribution in [3.05, 3.63) is 54.3 Å². The van der Waals surface area contributed by atoms with E-state index in [4.69, 9.17) is 5.26 Å². The highest BCUT2D eigenvalue weighted by molar-refractivity contribution is 8.01. The average molecular weight is 371 g/mol. The molecule has 2 aromatic carbocycles. The first-order valence-corrected chi connectivity index (χ1v) is 9.39. The van der Waals surface area contributed by atoms with Gasteiger partial charge in [-0.1, -0.05) is 23.9 Å². The van der Waals surface area contributed by atoms with E-state index in [1.54, 1.807) is 23.5 Å². The molecule has 0 atom stereocenters. The Morgan fingerprint density at radius 1 is 1.24 bits per heavy atom. The zero-order chi connectivity index (χ0) is 17.6. The zero-order valence-electron chi connectivity index (χ0n) is 13.2. The number of nitriles is 1. The largest absolute Gasteiger partial charge is 0.311 e. The van der Waals surface area contributed by atoms with E-state index >= 15 is 0 Å². The van der Waals surface area contributed by atoms with Gasteiger partial charge in [0.1, 0.15) is 5.82 Å². The molecule has 1 amide bonds. The maximum Gasteiger partial charge on any atom is 0.237 e. The Bertz CT molecular complexity index is 885. The summed E-state index contributed by atoms with van der Waals surface area (Å²) >= 11 is 2.92. The van der Waals surface area contributed by atoms with Gasteiger partial charge in [-0.25, -0.2) is 9.37 Å². The van der Waals surface area contributed by atoms with Gasteiger partial charge in [0, 0.05) is 12.2 Å². The second-order valence-electron chi connectivity index (χ2n) is 5.17. The fraction of sp³-hybridized carbons (Fsp3) is 0.167. The highest BCUT2D eigenvalue weighted by Gasteiger charge is 2.17. The van der Waals surface area contributed by atoms with Gasteiger partial charge in [0.25, 0.3) is 0 Å². The SMILES string of the molecule is N#CCCN(C(=O)CSc1nc2ccccc2s1)c1ccc(F)cc1. The molecule has 0 aliphatic heterocycles. The van der Waals surface area contributed by atoms with E-state index in [9.17, 15) is 9.18 Å². The molecule has 0 radical (unpaired) electrons. The van der Waals surface area contributed by atoms with Crippen molar-refractivity contribution in [2.45, 2.75) is 10.8 Å². The lowest BCUT2D eigenvalue weighted by Gasteiger charge is -2.21. The Hall–Kier alpha value is -2.43. The number of hydrogen-bond acceptors (Lipinski definition) is 5.